The van der Waals surface area contributed by atoms with Crippen LogP contribution >= 0.6 is 0 Å². The lowest BCUT2D eigenvalue weighted by molar-refractivity contribution is -0.141. The van der Waals surface area contributed by atoms with Crippen LogP contribution in [0.4, 0.5) is 0 Å². The standard InChI is InChI=1S/C11H15NO2/c1-3-6-11(7-4-2)8-5-9(13)12-10(11)14/h3-4H,1-2,5-8H2,(H,12,13,14). The maximum absolute atomic E-state index is 11.7. The van der Waals surface area contributed by atoms with Crippen molar-refractivity contribution in [2.24, 2.45) is 5.41 Å². The Bertz CT molecular complexity index is 271. The molecule has 76 valence electrons. The molecule has 0 aliphatic carbocycles. The third-order valence-electron chi connectivity index (χ3n) is 2.64. The van der Waals surface area contributed by atoms with Gasteiger partial charge in [0.2, 0.25) is 11.8 Å². The summed E-state index contributed by atoms with van der Waals surface area (Å²) in [4.78, 5) is 22.7. The van der Waals surface area contributed by atoms with E-state index < -0.39 is 5.41 Å². The molecular formula is C11H15NO2. The van der Waals surface area contributed by atoms with E-state index in [0.29, 0.717) is 25.7 Å². The molecule has 2 amide bonds. The summed E-state index contributed by atoms with van der Waals surface area (Å²) < 4.78 is 0. The van der Waals surface area contributed by atoms with Crippen LogP contribution in [0.2, 0.25) is 0 Å². The highest BCUT2D eigenvalue weighted by molar-refractivity contribution is 6.00. The summed E-state index contributed by atoms with van der Waals surface area (Å²) in [6.45, 7) is 7.27. The number of imide groups is 1. The summed E-state index contributed by atoms with van der Waals surface area (Å²) in [6.07, 6.45) is 5.64. The Labute approximate surface area is 83.9 Å². The van der Waals surface area contributed by atoms with E-state index in [1.165, 1.54) is 0 Å². The van der Waals surface area contributed by atoms with E-state index in [-0.39, 0.29) is 11.8 Å². The smallest absolute Gasteiger partial charge is 0.233 e. The molecule has 0 aromatic heterocycles. The first-order chi connectivity index (χ1) is 6.64. The van der Waals surface area contributed by atoms with E-state index in [0.717, 1.165) is 0 Å². The summed E-state index contributed by atoms with van der Waals surface area (Å²) in [5.41, 5.74) is -0.489. The highest BCUT2D eigenvalue weighted by Crippen LogP contribution is 2.35. The minimum atomic E-state index is -0.489. The fraction of sp³-hybridized carbons (Fsp3) is 0.455. The van der Waals surface area contributed by atoms with Crippen molar-refractivity contribution in [2.45, 2.75) is 25.7 Å². The molecule has 1 fully saturated rings. The molecule has 1 N–H and O–H groups in total. The van der Waals surface area contributed by atoms with Gasteiger partial charge in [-0.3, -0.25) is 14.9 Å². The molecule has 0 saturated carbocycles. The average molecular weight is 193 g/mol. The first-order valence-corrected chi connectivity index (χ1v) is 4.71. The molecule has 0 aromatic rings. The number of allylic oxidation sites excluding steroid dienone is 2. The molecule has 3 heteroatoms. The second kappa shape index (κ2) is 4.22. The van der Waals surface area contributed by atoms with Crippen molar-refractivity contribution >= 4 is 11.8 Å². The molecule has 0 spiro atoms. The zero-order valence-corrected chi connectivity index (χ0v) is 8.21. The summed E-state index contributed by atoms with van der Waals surface area (Å²) in [7, 11) is 0. The number of amides is 2. The van der Waals surface area contributed by atoms with E-state index in [2.05, 4.69) is 18.5 Å². The Morgan fingerprint density at radius 3 is 2.29 bits per heavy atom. The Morgan fingerprint density at radius 1 is 1.29 bits per heavy atom. The van der Waals surface area contributed by atoms with Gasteiger partial charge in [0.15, 0.2) is 0 Å². The number of hydrogen-bond donors (Lipinski definition) is 1. The average Bonchev–Trinajstić information content (AvgIpc) is 2.13. The molecule has 0 radical (unpaired) electrons. The molecule has 0 atom stereocenters. The van der Waals surface area contributed by atoms with Gasteiger partial charge in [-0.2, -0.15) is 0 Å². The zero-order valence-electron chi connectivity index (χ0n) is 8.21. The predicted molar refractivity (Wildman–Crippen MR) is 54.4 cm³/mol. The number of piperidine rings is 1. The summed E-state index contributed by atoms with van der Waals surface area (Å²) in [6, 6.07) is 0. The Hall–Kier alpha value is -1.38. The Kier molecular flexibility index (Phi) is 3.23. The van der Waals surface area contributed by atoms with Gasteiger partial charge in [-0.15, -0.1) is 13.2 Å². The van der Waals surface area contributed by atoms with Gasteiger partial charge in [-0.1, -0.05) is 12.2 Å². The Morgan fingerprint density at radius 2 is 1.86 bits per heavy atom. The van der Waals surface area contributed by atoms with Crippen LogP contribution in [0.1, 0.15) is 25.7 Å². The van der Waals surface area contributed by atoms with Gasteiger partial charge in [0.05, 0.1) is 5.41 Å². The van der Waals surface area contributed by atoms with Crippen LogP contribution in [0.15, 0.2) is 25.3 Å². The predicted octanol–water partition coefficient (Wildman–Crippen LogP) is 1.56. The van der Waals surface area contributed by atoms with Crippen molar-refractivity contribution in [3.05, 3.63) is 25.3 Å². The van der Waals surface area contributed by atoms with E-state index in [1.807, 2.05) is 0 Å². The second-order valence-electron chi connectivity index (χ2n) is 3.64. The third-order valence-corrected chi connectivity index (χ3v) is 2.64. The zero-order chi connectivity index (χ0) is 10.6. The molecule has 1 heterocycles. The van der Waals surface area contributed by atoms with Gasteiger partial charge in [0.25, 0.3) is 0 Å². The van der Waals surface area contributed by atoms with Gasteiger partial charge in [-0.05, 0) is 19.3 Å². The van der Waals surface area contributed by atoms with Crippen LogP contribution < -0.4 is 5.32 Å². The van der Waals surface area contributed by atoms with E-state index in [9.17, 15) is 9.59 Å². The quantitative estimate of drug-likeness (QED) is 0.544. The van der Waals surface area contributed by atoms with Crippen molar-refractivity contribution in [1.82, 2.24) is 5.32 Å². The molecule has 0 bridgehead atoms. The highest BCUT2D eigenvalue weighted by atomic mass is 16.2. The fourth-order valence-corrected chi connectivity index (χ4v) is 1.81. The molecule has 1 rings (SSSR count). The normalized spacial score (nSPS) is 20.0. The number of rotatable bonds is 4. The number of carbonyl (C=O) groups excluding carboxylic acids is 2. The van der Waals surface area contributed by atoms with Crippen molar-refractivity contribution in [2.75, 3.05) is 0 Å². The molecular weight excluding hydrogens is 178 g/mol. The van der Waals surface area contributed by atoms with E-state index >= 15 is 0 Å². The van der Waals surface area contributed by atoms with Gasteiger partial charge in [0.1, 0.15) is 0 Å². The fourth-order valence-electron chi connectivity index (χ4n) is 1.81. The van der Waals surface area contributed by atoms with Crippen molar-refractivity contribution < 1.29 is 9.59 Å². The number of nitrogens with one attached hydrogen (secondary N) is 1. The summed E-state index contributed by atoms with van der Waals surface area (Å²) in [5, 5.41) is 2.37. The lowest BCUT2D eigenvalue weighted by atomic mass is 9.74. The van der Waals surface area contributed by atoms with Crippen LogP contribution in [0, 0.1) is 5.41 Å². The topological polar surface area (TPSA) is 46.2 Å². The number of hydrogen-bond acceptors (Lipinski definition) is 2. The minimum Gasteiger partial charge on any atom is -0.296 e. The van der Waals surface area contributed by atoms with Crippen LogP contribution in [-0.4, -0.2) is 11.8 Å². The van der Waals surface area contributed by atoms with Crippen LogP contribution in [0.5, 0.6) is 0 Å². The second-order valence-corrected chi connectivity index (χ2v) is 3.64. The molecule has 1 aliphatic heterocycles. The van der Waals surface area contributed by atoms with E-state index in [1.54, 1.807) is 12.2 Å². The first kappa shape index (κ1) is 10.7. The summed E-state index contributed by atoms with van der Waals surface area (Å²) in [5.74, 6) is -0.368. The molecule has 1 saturated heterocycles. The maximum Gasteiger partial charge on any atom is 0.233 e. The van der Waals surface area contributed by atoms with Crippen molar-refractivity contribution in [1.29, 1.82) is 0 Å². The molecule has 1 aliphatic rings. The number of carbonyl (C=O) groups is 2. The van der Waals surface area contributed by atoms with Crippen LogP contribution in [0.25, 0.3) is 0 Å². The molecule has 0 aromatic carbocycles. The lowest BCUT2D eigenvalue weighted by Gasteiger charge is -2.33. The van der Waals surface area contributed by atoms with Crippen LogP contribution in [0.3, 0.4) is 0 Å². The molecule has 0 unspecified atom stereocenters. The van der Waals surface area contributed by atoms with Gasteiger partial charge in [0, 0.05) is 6.42 Å². The van der Waals surface area contributed by atoms with Gasteiger partial charge in [-0.25, -0.2) is 0 Å². The molecule has 14 heavy (non-hydrogen) atoms. The first-order valence-electron chi connectivity index (χ1n) is 4.71. The SMILES string of the molecule is C=CCC1(CC=C)CCC(=O)NC1=O. The highest BCUT2D eigenvalue weighted by Gasteiger charge is 2.40. The maximum atomic E-state index is 11.7. The van der Waals surface area contributed by atoms with Gasteiger partial charge < -0.3 is 0 Å². The monoisotopic (exact) mass is 193 g/mol. The van der Waals surface area contributed by atoms with Crippen LogP contribution in [-0.2, 0) is 9.59 Å². The Balaban J connectivity index is 2.85. The largest absolute Gasteiger partial charge is 0.296 e. The van der Waals surface area contributed by atoms with Crippen molar-refractivity contribution in [3.63, 3.8) is 0 Å². The summed E-state index contributed by atoms with van der Waals surface area (Å²) >= 11 is 0. The third kappa shape index (κ3) is 1.92. The minimum absolute atomic E-state index is 0.182. The van der Waals surface area contributed by atoms with E-state index in [4.69, 9.17) is 0 Å². The lowest BCUT2D eigenvalue weighted by Crippen LogP contribution is -2.48. The van der Waals surface area contributed by atoms with Crippen molar-refractivity contribution in [3.8, 4) is 0 Å². The van der Waals surface area contributed by atoms with Gasteiger partial charge >= 0.3 is 0 Å². The molecule has 3 nitrogen and oxygen atoms in total.